The number of aryl methyl sites for hydroxylation is 1. The Kier molecular flexibility index (Phi) is 4.65. The summed E-state index contributed by atoms with van der Waals surface area (Å²) in [6, 6.07) is 13.3. The highest BCUT2D eigenvalue weighted by Crippen LogP contribution is 2.30. The Morgan fingerprint density at radius 1 is 1.08 bits per heavy atom. The molecule has 2 N–H and O–H groups in total. The van der Waals surface area contributed by atoms with Gasteiger partial charge in [-0.2, -0.15) is 0 Å². The van der Waals surface area contributed by atoms with Gasteiger partial charge in [-0.15, -0.1) is 0 Å². The average Bonchev–Trinajstić information content (AvgIpc) is 3.40. The Labute approximate surface area is 142 Å². The molecule has 2 aromatic carbocycles. The highest BCUT2D eigenvalue weighted by atomic mass is 16.2. The summed E-state index contributed by atoms with van der Waals surface area (Å²) in [6.07, 6.45) is 1.97. The number of hydrogen-bond donors (Lipinski definition) is 2. The second-order valence-electron chi connectivity index (χ2n) is 6.39. The van der Waals surface area contributed by atoms with Crippen LogP contribution in [0.2, 0.25) is 0 Å². The van der Waals surface area contributed by atoms with Crippen LogP contribution in [0.25, 0.3) is 0 Å². The van der Waals surface area contributed by atoms with Gasteiger partial charge in [0.1, 0.15) is 0 Å². The maximum absolute atomic E-state index is 12.4. The van der Waals surface area contributed by atoms with Gasteiger partial charge in [0.25, 0.3) is 5.91 Å². The fraction of sp³-hybridized carbons (Fsp3) is 0.300. The van der Waals surface area contributed by atoms with Crippen LogP contribution in [0.15, 0.2) is 42.5 Å². The fourth-order valence-electron chi connectivity index (χ4n) is 2.62. The Hall–Kier alpha value is -2.62. The molecule has 3 rings (SSSR count). The summed E-state index contributed by atoms with van der Waals surface area (Å²) in [6.45, 7) is 4.38. The average molecular weight is 322 g/mol. The van der Waals surface area contributed by atoms with Crippen LogP contribution in [0.1, 0.15) is 39.9 Å². The molecule has 1 fully saturated rings. The van der Waals surface area contributed by atoms with E-state index in [1.807, 2.05) is 56.3 Å². The van der Waals surface area contributed by atoms with Crippen molar-refractivity contribution in [3.63, 3.8) is 0 Å². The molecule has 24 heavy (non-hydrogen) atoms. The van der Waals surface area contributed by atoms with Crippen molar-refractivity contribution in [1.29, 1.82) is 0 Å². The lowest BCUT2D eigenvalue weighted by molar-refractivity contribution is -0.117. The Bertz CT molecular complexity index is 779. The third-order valence-electron chi connectivity index (χ3n) is 4.44. The van der Waals surface area contributed by atoms with Gasteiger partial charge in [0.15, 0.2) is 0 Å². The minimum Gasteiger partial charge on any atom is -0.348 e. The number of amides is 2. The Morgan fingerprint density at radius 2 is 1.83 bits per heavy atom. The zero-order valence-electron chi connectivity index (χ0n) is 14.1. The number of benzene rings is 2. The monoisotopic (exact) mass is 322 g/mol. The van der Waals surface area contributed by atoms with E-state index < -0.39 is 0 Å². The Morgan fingerprint density at radius 3 is 2.58 bits per heavy atom. The summed E-state index contributed by atoms with van der Waals surface area (Å²) in [5.41, 5.74) is 4.55. The normalized spacial score (nSPS) is 13.4. The number of carbonyl (C=O) groups excluding carboxylic acids is 2. The lowest BCUT2D eigenvalue weighted by atomic mass is 10.0. The summed E-state index contributed by atoms with van der Waals surface area (Å²) in [7, 11) is 0. The summed E-state index contributed by atoms with van der Waals surface area (Å²) in [4.78, 5) is 24.2. The van der Waals surface area contributed by atoms with Crippen molar-refractivity contribution < 1.29 is 9.59 Å². The second kappa shape index (κ2) is 6.87. The third kappa shape index (κ3) is 3.82. The van der Waals surface area contributed by atoms with Gasteiger partial charge in [-0.1, -0.05) is 24.3 Å². The van der Waals surface area contributed by atoms with Crippen LogP contribution in [0.3, 0.4) is 0 Å². The smallest absolute Gasteiger partial charge is 0.251 e. The molecule has 0 aliphatic heterocycles. The molecule has 1 saturated carbocycles. The minimum atomic E-state index is -0.0800. The van der Waals surface area contributed by atoms with Crippen molar-refractivity contribution in [2.24, 2.45) is 5.92 Å². The SMILES string of the molecule is Cc1cccc(C(=O)NCc2cccc(NC(=O)C3CC3)c2)c1C. The zero-order chi connectivity index (χ0) is 17.1. The van der Waals surface area contributed by atoms with E-state index in [0.717, 1.165) is 35.2 Å². The van der Waals surface area contributed by atoms with Crippen LogP contribution >= 0.6 is 0 Å². The van der Waals surface area contributed by atoms with E-state index in [-0.39, 0.29) is 17.7 Å². The first-order valence-electron chi connectivity index (χ1n) is 8.29. The number of hydrogen-bond acceptors (Lipinski definition) is 2. The van der Waals surface area contributed by atoms with Crippen LogP contribution in [0.4, 0.5) is 5.69 Å². The molecular weight excluding hydrogens is 300 g/mol. The molecule has 0 heterocycles. The van der Waals surface area contributed by atoms with Gasteiger partial charge >= 0.3 is 0 Å². The van der Waals surface area contributed by atoms with E-state index in [9.17, 15) is 9.59 Å². The minimum absolute atomic E-state index is 0.0800. The first-order chi connectivity index (χ1) is 11.5. The van der Waals surface area contributed by atoms with Crippen LogP contribution in [-0.4, -0.2) is 11.8 Å². The predicted octanol–water partition coefficient (Wildman–Crippen LogP) is 3.58. The molecule has 4 heteroatoms. The van der Waals surface area contributed by atoms with E-state index in [1.165, 1.54) is 0 Å². The first-order valence-corrected chi connectivity index (χ1v) is 8.29. The van der Waals surface area contributed by atoms with Gasteiger partial charge in [0.05, 0.1) is 0 Å². The largest absolute Gasteiger partial charge is 0.348 e. The lowest BCUT2D eigenvalue weighted by Crippen LogP contribution is -2.24. The zero-order valence-corrected chi connectivity index (χ0v) is 14.1. The predicted molar refractivity (Wildman–Crippen MR) is 94.9 cm³/mol. The molecule has 2 aromatic rings. The summed E-state index contributed by atoms with van der Waals surface area (Å²) in [5.74, 6) is 0.188. The van der Waals surface area contributed by atoms with E-state index in [4.69, 9.17) is 0 Å². The molecular formula is C20H22N2O2. The molecule has 4 nitrogen and oxygen atoms in total. The van der Waals surface area contributed by atoms with Crippen molar-refractivity contribution in [3.05, 3.63) is 64.7 Å². The molecule has 1 aliphatic rings. The van der Waals surface area contributed by atoms with Gasteiger partial charge < -0.3 is 10.6 Å². The molecule has 0 aromatic heterocycles. The lowest BCUT2D eigenvalue weighted by Gasteiger charge is -2.11. The first kappa shape index (κ1) is 16.2. The number of nitrogens with one attached hydrogen (secondary N) is 2. The van der Waals surface area contributed by atoms with Gasteiger partial charge in [0, 0.05) is 23.7 Å². The van der Waals surface area contributed by atoms with Gasteiger partial charge in [-0.3, -0.25) is 9.59 Å². The molecule has 0 bridgehead atoms. The standard InChI is InChI=1S/C20H22N2O2/c1-13-5-3-8-18(14(13)2)20(24)21-12-15-6-4-7-17(11-15)22-19(23)16-9-10-16/h3-8,11,16H,9-10,12H2,1-2H3,(H,21,24)(H,22,23). The number of rotatable bonds is 5. The van der Waals surface area contributed by atoms with E-state index in [0.29, 0.717) is 12.1 Å². The Balaban J connectivity index is 1.62. The van der Waals surface area contributed by atoms with Crippen LogP contribution < -0.4 is 10.6 Å². The number of anilines is 1. The fourth-order valence-corrected chi connectivity index (χ4v) is 2.62. The highest BCUT2D eigenvalue weighted by molar-refractivity contribution is 5.96. The van der Waals surface area contributed by atoms with Crippen LogP contribution in [-0.2, 0) is 11.3 Å². The summed E-state index contributed by atoms with van der Waals surface area (Å²) < 4.78 is 0. The van der Waals surface area contributed by atoms with Gasteiger partial charge in [0.2, 0.25) is 5.91 Å². The number of carbonyl (C=O) groups is 2. The maximum Gasteiger partial charge on any atom is 0.251 e. The molecule has 0 saturated heterocycles. The van der Waals surface area contributed by atoms with Crippen LogP contribution in [0, 0.1) is 19.8 Å². The van der Waals surface area contributed by atoms with Crippen molar-refractivity contribution in [1.82, 2.24) is 5.32 Å². The van der Waals surface area contributed by atoms with E-state index in [2.05, 4.69) is 10.6 Å². The third-order valence-corrected chi connectivity index (χ3v) is 4.44. The second-order valence-corrected chi connectivity index (χ2v) is 6.39. The van der Waals surface area contributed by atoms with E-state index >= 15 is 0 Å². The molecule has 124 valence electrons. The topological polar surface area (TPSA) is 58.2 Å². The molecule has 1 aliphatic carbocycles. The summed E-state index contributed by atoms with van der Waals surface area (Å²) in [5, 5.41) is 5.88. The quantitative estimate of drug-likeness (QED) is 0.884. The highest BCUT2D eigenvalue weighted by Gasteiger charge is 2.29. The molecule has 0 atom stereocenters. The summed E-state index contributed by atoms with van der Waals surface area (Å²) >= 11 is 0. The van der Waals surface area contributed by atoms with Crippen molar-refractivity contribution in [2.45, 2.75) is 33.2 Å². The van der Waals surface area contributed by atoms with E-state index in [1.54, 1.807) is 0 Å². The van der Waals surface area contributed by atoms with Crippen LogP contribution in [0.5, 0.6) is 0 Å². The van der Waals surface area contributed by atoms with Gasteiger partial charge in [-0.05, 0) is 61.6 Å². The molecule has 0 spiro atoms. The van der Waals surface area contributed by atoms with Crippen molar-refractivity contribution >= 4 is 17.5 Å². The van der Waals surface area contributed by atoms with Crippen molar-refractivity contribution in [3.8, 4) is 0 Å². The maximum atomic E-state index is 12.4. The van der Waals surface area contributed by atoms with Gasteiger partial charge in [-0.25, -0.2) is 0 Å². The molecule has 2 amide bonds. The van der Waals surface area contributed by atoms with Crippen molar-refractivity contribution in [2.75, 3.05) is 5.32 Å². The molecule has 0 radical (unpaired) electrons. The molecule has 0 unspecified atom stereocenters.